The molecule has 0 heterocycles. The Kier molecular flexibility index (Phi) is 60.0. The minimum Gasteiger partial charge on any atom is -0.507 e. The van der Waals surface area contributed by atoms with Crippen LogP contribution in [0.15, 0.2) is 6.58 Å². The number of rotatable bonds is 2. The first kappa shape index (κ1) is 37.4. The maximum atomic E-state index is 5.11. The fourth-order valence-electron chi connectivity index (χ4n) is 0.422. The fourth-order valence-corrected chi connectivity index (χ4v) is 0.422. The van der Waals surface area contributed by atoms with E-state index in [1.807, 2.05) is 41.2 Å². The molecule has 0 radical (unpaired) electrons. The fraction of sp³-hybridized carbons (Fsp3) is 0.688. The third kappa shape index (κ3) is 75.8. The molecule has 0 spiro atoms. The van der Waals surface area contributed by atoms with Crippen LogP contribution in [0.3, 0.4) is 0 Å². The predicted octanol–water partition coefficient (Wildman–Crippen LogP) is 3.94. The summed E-state index contributed by atoms with van der Waals surface area (Å²) in [7, 11) is 2.02. The van der Waals surface area contributed by atoms with E-state index in [2.05, 4.69) is 45.2 Å². The van der Waals surface area contributed by atoms with Crippen LogP contribution in [0.2, 0.25) is 0 Å². The van der Waals surface area contributed by atoms with Crippen molar-refractivity contribution in [3.63, 3.8) is 0 Å². The molecule has 0 rings (SSSR count). The normalized spacial score (nSPS) is 8.15. The van der Waals surface area contributed by atoms with Crippen molar-refractivity contribution in [2.45, 2.75) is 66.6 Å². The van der Waals surface area contributed by atoms with Gasteiger partial charge in [0.1, 0.15) is 0 Å². The number of nitrogens with zero attached hydrogens (tertiary/aromatic N) is 1. The monoisotopic (exact) mass is 624 g/mol. The summed E-state index contributed by atoms with van der Waals surface area (Å²) in [5.74, 6) is 0. The molecule has 0 unspecified atom stereocenters. The summed E-state index contributed by atoms with van der Waals surface area (Å²) in [5, 5.41) is 0. The third-order valence-corrected chi connectivity index (χ3v) is 1.39. The Morgan fingerprint density at radius 1 is 1.10 bits per heavy atom. The van der Waals surface area contributed by atoms with Crippen LogP contribution < -0.4 is 5.73 Å². The van der Waals surface area contributed by atoms with Crippen molar-refractivity contribution in [3.8, 4) is 0 Å². The Bertz CT molecular complexity index is 128. The van der Waals surface area contributed by atoms with Crippen molar-refractivity contribution in [1.82, 2.24) is 4.90 Å². The summed E-state index contributed by atoms with van der Waals surface area (Å²) in [6.07, 6.45) is 4.50. The first-order chi connectivity index (χ1) is 8.11. The van der Waals surface area contributed by atoms with Gasteiger partial charge in [-0.1, -0.05) is 27.7 Å². The van der Waals surface area contributed by atoms with Crippen molar-refractivity contribution < 1.29 is 42.1 Å². The second kappa shape index (κ2) is 32.1. The van der Waals surface area contributed by atoms with Crippen molar-refractivity contribution >= 4 is 0 Å². The average molecular weight is 624 g/mol. The van der Waals surface area contributed by atoms with E-state index in [-0.39, 0.29) is 48.2 Å². The van der Waals surface area contributed by atoms with Gasteiger partial charge in [-0.15, -0.1) is 0 Å². The molecule has 0 aliphatic carbocycles. The van der Waals surface area contributed by atoms with Crippen LogP contribution >= 0.6 is 0 Å². The standard InChI is InChI=1S/C7H15N.C3H9N.C3H7.C3H5.2W/c1-6(2)8(5)7(3)4;1-3(2)4;2*1-3-2;;/h6-7H,1-2H2,3-5H3;3H,4H2,1-2H3;3H,1-2H3;1H2,2H3;;/q-2;;2*-1;;. The van der Waals surface area contributed by atoms with Crippen molar-refractivity contribution in [2.24, 2.45) is 5.73 Å². The Morgan fingerprint density at radius 2 is 1.25 bits per heavy atom. The molecule has 2 N–H and O–H groups in total. The maximum Gasteiger partial charge on any atom is 0 e. The van der Waals surface area contributed by atoms with Gasteiger partial charge in [0, 0.05) is 42.1 Å². The van der Waals surface area contributed by atoms with E-state index in [1.165, 1.54) is 0 Å². The van der Waals surface area contributed by atoms with E-state index in [9.17, 15) is 0 Å². The zero-order valence-electron chi connectivity index (χ0n) is 14.8. The van der Waals surface area contributed by atoms with Crippen molar-refractivity contribution in [1.29, 1.82) is 0 Å². The Morgan fingerprint density at radius 3 is 1.25 bits per heavy atom. The minimum absolute atomic E-state index is 0. The molecule has 0 amide bonds. The van der Waals surface area contributed by atoms with Gasteiger partial charge in [-0.25, -0.2) is 6.04 Å². The van der Waals surface area contributed by atoms with E-state index in [1.54, 1.807) is 6.92 Å². The van der Waals surface area contributed by atoms with Gasteiger partial charge >= 0.3 is 0 Å². The molecule has 4 heteroatoms. The molecular weight excluding hydrogens is 588 g/mol. The molecule has 0 saturated carbocycles. The predicted molar refractivity (Wildman–Crippen MR) is 86.9 cm³/mol. The largest absolute Gasteiger partial charge is 0.507 e. The summed E-state index contributed by atoms with van der Waals surface area (Å²) in [6.45, 7) is 24.7. The SMILES string of the molecule is C=[C-]C.CC(C)N.C[CH-]C.[CH2-]C([CH2-])N(C)C(C)C.[W].[W]. The van der Waals surface area contributed by atoms with Gasteiger partial charge < -0.3 is 37.0 Å². The molecule has 0 aliphatic rings. The number of nitrogens with two attached hydrogens (primary N) is 1. The van der Waals surface area contributed by atoms with E-state index >= 15 is 0 Å². The molecule has 0 saturated heterocycles. The van der Waals surface area contributed by atoms with Crippen LogP contribution in [0.25, 0.3) is 0 Å². The molecule has 0 aliphatic heterocycles. The second-order valence-corrected chi connectivity index (χ2v) is 4.59. The first-order valence-corrected chi connectivity index (χ1v) is 6.43. The van der Waals surface area contributed by atoms with E-state index < -0.39 is 0 Å². The van der Waals surface area contributed by atoms with Crippen molar-refractivity contribution in [2.75, 3.05) is 7.05 Å². The molecule has 0 aromatic carbocycles. The van der Waals surface area contributed by atoms with Gasteiger partial charge in [0.2, 0.25) is 0 Å². The molecule has 0 bridgehead atoms. The summed E-state index contributed by atoms with van der Waals surface area (Å²) in [6, 6.07) is 1.06. The van der Waals surface area contributed by atoms with E-state index in [0.29, 0.717) is 12.1 Å². The second-order valence-electron chi connectivity index (χ2n) is 4.59. The minimum atomic E-state index is 0. The topological polar surface area (TPSA) is 29.3 Å². The molecule has 0 fully saturated rings. The van der Waals surface area contributed by atoms with Gasteiger partial charge in [0.25, 0.3) is 0 Å². The molecule has 0 aromatic rings. The third-order valence-electron chi connectivity index (χ3n) is 1.39. The number of hydrogen-bond donors (Lipinski definition) is 1. The van der Waals surface area contributed by atoms with E-state index in [4.69, 9.17) is 5.73 Å². The average Bonchev–Trinajstić information content (AvgIpc) is 2.17. The Balaban J connectivity index is -0.0000000352. The zero-order valence-corrected chi connectivity index (χ0v) is 20.6. The van der Waals surface area contributed by atoms with Gasteiger partial charge in [-0.2, -0.15) is 20.8 Å². The van der Waals surface area contributed by atoms with Crippen LogP contribution in [-0.4, -0.2) is 30.1 Å². The Hall–Kier alpha value is 1.04. The number of hydrogen-bond acceptors (Lipinski definition) is 2. The molecule has 2 nitrogen and oxygen atoms in total. The smallest absolute Gasteiger partial charge is 0 e. The quantitative estimate of drug-likeness (QED) is 0.473. The molecule has 20 heavy (non-hydrogen) atoms. The van der Waals surface area contributed by atoms with Crippen LogP contribution in [0, 0.1) is 26.3 Å². The van der Waals surface area contributed by atoms with Crippen LogP contribution in [0.5, 0.6) is 0 Å². The molecule has 0 aromatic heterocycles. The maximum absolute atomic E-state index is 5.11. The zero-order chi connectivity index (χ0) is 15.7. The van der Waals surface area contributed by atoms with Crippen molar-refractivity contribution in [3.05, 3.63) is 32.9 Å². The van der Waals surface area contributed by atoms with Crippen LogP contribution in [0.1, 0.15) is 48.5 Å². The summed E-state index contributed by atoms with van der Waals surface area (Å²) >= 11 is 0. The molecule has 0 atom stereocenters. The van der Waals surface area contributed by atoms with Gasteiger partial charge in [0.05, 0.1) is 0 Å². The van der Waals surface area contributed by atoms with Gasteiger partial charge in [-0.3, -0.25) is 6.58 Å². The summed E-state index contributed by atoms with van der Waals surface area (Å²) in [4.78, 5) is 2.11. The number of allylic oxidation sites excluding steroid dienone is 1. The van der Waals surface area contributed by atoms with E-state index in [0.717, 1.165) is 0 Å². The molecular formula is C16H36N2W2-4. The molecule has 126 valence electrons. The van der Waals surface area contributed by atoms with Crippen LogP contribution in [0.4, 0.5) is 0 Å². The Labute approximate surface area is 158 Å². The first-order valence-electron chi connectivity index (χ1n) is 6.43. The van der Waals surface area contributed by atoms with Crippen LogP contribution in [-0.2, 0) is 42.1 Å². The van der Waals surface area contributed by atoms with Gasteiger partial charge in [0.15, 0.2) is 0 Å². The summed E-state index contributed by atoms with van der Waals surface area (Å²) in [5.41, 5.74) is 5.11. The van der Waals surface area contributed by atoms with Gasteiger partial charge in [-0.05, 0) is 19.1 Å². The summed E-state index contributed by atoms with van der Waals surface area (Å²) < 4.78 is 0.